The number of amides is 1. The van der Waals surface area contributed by atoms with Gasteiger partial charge in [-0.25, -0.2) is 9.48 Å². The number of aryl methyl sites for hydroxylation is 2. The summed E-state index contributed by atoms with van der Waals surface area (Å²) < 4.78 is 6.98. The van der Waals surface area contributed by atoms with E-state index in [2.05, 4.69) is 10.1 Å². The molecular formula is C17H18N4O2. The lowest BCUT2D eigenvalue weighted by Crippen LogP contribution is -2.25. The maximum absolute atomic E-state index is 11.7. The van der Waals surface area contributed by atoms with E-state index in [4.69, 9.17) is 4.74 Å². The van der Waals surface area contributed by atoms with Crippen molar-refractivity contribution in [3.63, 3.8) is 0 Å². The maximum Gasteiger partial charge on any atom is 0.416 e. The average molecular weight is 310 g/mol. The fourth-order valence-corrected chi connectivity index (χ4v) is 2.43. The van der Waals surface area contributed by atoms with Crippen LogP contribution in [0.25, 0.3) is 22.3 Å². The van der Waals surface area contributed by atoms with Crippen molar-refractivity contribution in [3.05, 3.63) is 42.0 Å². The summed E-state index contributed by atoms with van der Waals surface area (Å²) in [6.45, 7) is 1.96. The summed E-state index contributed by atoms with van der Waals surface area (Å²) in [7, 11) is 5.09. The molecule has 2 aromatic heterocycles. The predicted molar refractivity (Wildman–Crippen MR) is 88.4 cm³/mol. The first-order valence-corrected chi connectivity index (χ1v) is 7.26. The fourth-order valence-electron chi connectivity index (χ4n) is 2.43. The third-order valence-corrected chi connectivity index (χ3v) is 3.57. The van der Waals surface area contributed by atoms with Crippen LogP contribution in [0.3, 0.4) is 0 Å². The third-order valence-electron chi connectivity index (χ3n) is 3.57. The molecule has 0 saturated carbocycles. The number of hydrogen-bond acceptors (Lipinski definition) is 4. The molecule has 3 rings (SSSR count). The van der Waals surface area contributed by atoms with Crippen LogP contribution < -0.4 is 4.74 Å². The van der Waals surface area contributed by atoms with Crippen molar-refractivity contribution in [2.45, 2.75) is 6.92 Å². The Kier molecular flexibility index (Phi) is 3.73. The van der Waals surface area contributed by atoms with E-state index in [0.717, 1.165) is 22.2 Å². The van der Waals surface area contributed by atoms with Crippen LogP contribution in [0, 0.1) is 6.92 Å². The van der Waals surface area contributed by atoms with Gasteiger partial charge in [0.1, 0.15) is 5.69 Å². The quantitative estimate of drug-likeness (QED) is 0.730. The minimum Gasteiger partial charge on any atom is -0.391 e. The molecule has 0 unspecified atom stereocenters. The third kappa shape index (κ3) is 2.75. The Bertz CT molecular complexity index is 869. The van der Waals surface area contributed by atoms with E-state index < -0.39 is 6.09 Å². The number of hydrogen-bond donors (Lipinski definition) is 0. The Balaban J connectivity index is 2.13. The summed E-state index contributed by atoms with van der Waals surface area (Å²) in [6.07, 6.45) is -0.457. The van der Waals surface area contributed by atoms with Gasteiger partial charge in [0.25, 0.3) is 0 Å². The summed E-state index contributed by atoms with van der Waals surface area (Å²) in [5.74, 6) is 0.274. The number of benzene rings is 1. The minimum absolute atomic E-state index is 0.274. The van der Waals surface area contributed by atoms with Crippen molar-refractivity contribution < 1.29 is 9.53 Å². The lowest BCUT2D eigenvalue weighted by atomic mass is 10.1. The molecule has 0 aliphatic heterocycles. The Morgan fingerprint density at radius 2 is 1.91 bits per heavy atom. The van der Waals surface area contributed by atoms with E-state index in [-0.39, 0.29) is 5.88 Å². The van der Waals surface area contributed by atoms with E-state index >= 15 is 0 Å². The number of aromatic nitrogens is 3. The largest absolute Gasteiger partial charge is 0.416 e. The number of nitrogens with zero attached hydrogens (tertiary/aromatic N) is 4. The van der Waals surface area contributed by atoms with Crippen molar-refractivity contribution in [1.29, 1.82) is 0 Å². The molecule has 0 spiro atoms. The molecule has 0 aliphatic carbocycles. The van der Waals surface area contributed by atoms with E-state index in [0.29, 0.717) is 5.65 Å². The number of pyridine rings is 1. The second kappa shape index (κ2) is 5.72. The SMILES string of the molecule is Cc1cc(OC(=O)N(C)C)nc2c1c(-c1ccccc1)nn2C. The highest BCUT2D eigenvalue weighted by molar-refractivity contribution is 5.94. The molecule has 0 saturated heterocycles. The van der Waals surface area contributed by atoms with Crippen molar-refractivity contribution in [1.82, 2.24) is 19.7 Å². The summed E-state index contributed by atoms with van der Waals surface area (Å²) in [5, 5.41) is 5.54. The molecule has 6 heteroatoms. The van der Waals surface area contributed by atoms with Crippen molar-refractivity contribution in [3.8, 4) is 17.1 Å². The zero-order valence-electron chi connectivity index (χ0n) is 13.6. The van der Waals surface area contributed by atoms with Crippen LogP contribution in [0.15, 0.2) is 36.4 Å². The molecule has 1 amide bonds. The standard InChI is InChI=1S/C17H18N4O2/c1-11-10-13(23-17(22)20(2)3)18-16-14(11)15(19-21(16)4)12-8-6-5-7-9-12/h5-10H,1-4H3. The summed E-state index contributed by atoms with van der Waals surface area (Å²) >= 11 is 0. The molecule has 0 bridgehead atoms. The fraction of sp³-hybridized carbons (Fsp3) is 0.235. The lowest BCUT2D eigenvalue weighted by Gasteiger charge is -2.10. The van der Waals surface area contributed by atoms with Crippen molar-refractivity contribution >= 4 is 17.1 Å². The molecule has 3 aromatic rings. The molecule has 23 heavy (non-hydrogen) atoms. The van der Waals surface area contributed by atoms with E-state index in [1.54, 1.807) is 24.8 Å². The summed E-state index contributed by atoms with van der Waals surface area (Å²) in [4.78, 5) is 17.5. The van der Waals surface area contributed by atoms with Crippen LogP contribution >= 0.6 is 0 Å². The van der Waals surface area contributed by atoms with Gasteiger partial charge in [0, 0.05) is 32.8 Å². The van der Waals surface area contributed by atoms with E-state index in [9.17, 15) is 4.79 Å². The number of ether oxygens (including phenoxy) is 1. The van der Waals surface area contributed by atoms with Gasteiger partial charge in [0.15, 0.2) is 5.65 Å². The maximum atomic E-state index is 11.7. The number of rotatable bonds is 2. The zero-order chi connectivity index (χ0) is 16.6. The van der Waals surface area contributed by atoms with Crippen LogP contribution in [-0.4, -0.2) is 39.9 Å². The monoisotopic (exact) mass is 310 g/mol. The van der Waals surface area contributed by atoms with Gasteiger partial charge >= 0.3 is 6.09 Å². The highest BCUT2D eigenvalue weighted by Gasteiger charge is 2.17. The van der Waals surface area contributed by atoms with Crippen LogP contribution in [0.4, 0.5) is 4.79 Å². The number of fused-ring (bicyclic) bond motifs is 1. The predicted octanol–water partition coefficient (Wildman–Crippen LogP) is 3.00. The first-order valence-electron chi connectivity index (χ1n) is 7.26. The number of carbonyl (C=O) groups is 1. The minimum atomic E-state index is -0.457. The number of carbonyl (C=O) groups excluding carboxylic acids is 1. The van der Waals surface area contributed by atoms with Gasteiger partial charge in [-0.2, -0.15) is 10.1 Å². The molecule has 0 aliphatic rings. The average Bonchev–Trinajstić information content (AvgIpc) is 2.86. The van der Waals surface area contributed by atoms with Gasteiger partial charge in [0.2, 0.25) is 5.88 Å². The molecule has 0 fully saturated rings. The van der Waals surface area contributed by atoms with Gasteiger partial charge in [0.05, 0.1) is 5.39 Å². The second-order valence-corrected chi connectivity index (χ2v) is 5.58. The molecule has 6 nitrogen and oxygen atoms in total. The van der Waals surface area contributed by atoms with Gasteiger partial charge in [-0.3, -0.25) is 0 Å². The zero-order valence-corrected chi connectivity index (χ0v) is 13.6. The molecule has 0 N–H and O–H groups in total. The van der Waals surface area contributed by atoms with Crippen molar-refractivity contribution in [2.75, 3.05) is 14.1 Å². The first kappa shape index (κ1) is 15.0. The molecule has 1 aromatic carbocycles. The molecule has 118 valence electrons. The van der Waals surface area contributed by atoms with Crippen LogP contribution in [0.5, 0.6) is 5.88 Å². The normalized spacial score (nSPS) is 10.8. The second-order valence-electron chi connectivity index (χ2n) is 5.58. The Labute approximate surface area is 134 Å². The van der Waals surface area contributed by atoms with E-state index in [1.807, 2.05) is 44.3 Å². The first-order chi connectivity index (χ1) is 11.0. The lowest BCUT2D eigenvalue weighted by molar-refractivity contribution is 0.170. The Hall–Kier alpha value is -2.89. The molecule has 0 radical (unpaired) electrons. The van der Waals surface area contributed by atoms with Crippen molar-refractivity contribution in [2.24, 2.45) is 7.05 Å². The molecule has 0 atom stereocenters. The smallest absolute Gasteiger partial charge is 0.391 e. The Morgan fingerprint density at radius 3 is 2.57 bits per heavy atom. The topological polar surface area (TPSA) is 60.2 Å². The summed E-state index contributed by atoms with van der Waals surface area (Å²) in [5.41, 5.74) is 3.55. The van der Waals surface area contributed by atoms with Crippen LogP contribution in [-0.2, 0) is 7.05 Å². The van der Waals surface area contributed by atoms with Gasteiger partial charge < -0.3 is 9.64 Å². The molecular weight excluding hydrogens is 292 g/mol. The summed E-state index contributed by atoms with van der Waals surface area (Å²) in [6, 6.07) is 11.7. The Morgan fingerprint density at radius 1 is 1.22 bits per heavy atom. The highest BCUT2D eigenvalue weighted by Crippen LogP contribution is 2.31. The molecule has 2 heterocycles. The van der Waals surface area contributed by atoms with Crippen LogP contribution in [0.2, 0.25) is 0 Å². The van der Waals surface area contributed by atoms with E-state index in [1.165, 1.54) is 4.90 Å². The van der Waals surface area contributed by atoms with Gasteiger partial charge in [-0.1, -0.05) is 30.3 Å². The van der Waals surface area contributed by atoms with Gasteiger partial charge in [-0.15, -0.1) is 0 Å². The van der Waals surface area contributed by atoms with Crippen LogP contribution in [0.1, 0.15) is 5.56 Å². The van der Waals surface area contributed by atoms with Gasteiger partial charge in [-0.05, 0) is 12.5 Å². The highest BCUT2D eigenvalue weighted by atomic mass is 16.6.